The highest BCUT2D eigenvalue weighted by molar-refractivity contribution is 6.50. The van der Waals surface area contributed by atoms with Gasteiger partial charge in [-0.15, -0.1) is 0 Å². The molecule has 0 bridgehead atoms. The zero-order valence-corrected chi connectivity index (χ0v) is 14.1. The number of benzene rings is 2. The molecule has 1 aliphatic rings. The first kappa shape index (κ1) is 20.0. The van der Waals surface area contributed by atoms with Crippen LogP contribution in [-0.2, 0) is 11.3 Å². The van der Waals surface area contributed by atoms with Crippen LogP contribution in [0.3, 0.4) is 0 Å². The van der Waals surface area contributed by atoms with E-state index >= 15 is 0 Å². The third-order valence-corrected chi connectivity index (χ3v) is 3.97. The molecule has 8 heteroatoms. The number of hydrogen-bond donors (Lipinski definition) is 1. The maximum atomic E-state index is 9.75. The summed E-state index contributed by atoms with van der Waals surface area (Å²) in [6, 6.07) is 18.6. The second-order valence-electron chi connectivity index (χ2n) is 5.89. The first-order valence-electron chi connectivity index (χ1n) is 8.24. The molecule has 3 rings (SSSR count). The number of morpholine rings is 1. The monoisotopic (exact) mass is 366 g/mol. The van der Waals surface area contributed by atoms with E-state index in [4.69, 9.17) is 4.74 Å². The van der Waals surface area contributed by atoms with Crippen LogP contribution < -0.4 is 4.90 Å². The Morgan fingerprint density at radius 1 is 0.962 bits per heavy atom. The van der Waals surface area contributed by atoms with Gasteiger partial charge in [-0.3, -0.25) is 0 Å². The SMILES string of the molecule is F[B-](F)(F)F.N#Cc1ccccc1-c1ccc(C[NH+]2CCOCC2)cc1. The lowest BCUT2D eigenvalue weighted by molar-refractivity contribution is -0.921. The van der Waals surface area contributed by atoms with Gasteiger partial charge in [0.2, 0.25) is 0 Å². The molecular formula is C18H19BF4N2O. The number of halogens is 4. The summed E-state index contributed by atoms with van der Waals surface area (Å²) in [5.41, 5.74) is 4.17. The van der Waals surface area contributed by atoms with E-state index in [0.29, 0.717) is 0 Å². The molecule has 1 fully saturated rings. The lowest BCUT2D eigenvalue weighted by Crippen LogP contribution is -3.12. The van der Waals surface area contributed by atoms with E-state index in [1.54, 1.807) is 4.90 Å². The molecule has 2 aromatic carbocycles. The van der Waals surface area contributed by atoms with Gasteiger partial charge in [-0.2, -0.15) is 5.26 Å². The van der Waals surface area contributed by atoms with E-state index in [9.17, 15) is 22.5 Å². The quantitative estimate of drug-likeness (QED) is 0.670. The van der Waals surface area contributed by atoms with E-state index in [0.717, 1.165) is 49.5 Å². The zero-order valence-electron chi connectivity index (χ0n) is 14.1. The van der Waals surface area contributed by atoms with E-state index in [2.05, 4.69) is 30.3 Å². The molecule has 1 heterocycles. The van der Waals surface area contributed by atoms with E-state index in [1.165, 1.54) is 5.56 Å². The van der Waals surface area contributed by atoms with Gasteiger partial charge in [0.15, 0.2) is 0 Å². The molecule has 1 saturated heterocycles. The Bertz CT molecular complexity index is 732. The average molecular weight is 366 g/mol. The molecule has 0 aliphatic carbocycles. The summed E-state index contributed by atoms with van der Waals surface area (Å²) >= 11 is 0. The van der Waals surface area contributed by atoms with Crippen LogP contribution in [0.1, 0.15) is 11.1 Å². The van der Waals surface area contributed by atoms with Gasteiger partial charge in [0.05, 0.1) is 24.8 Å². The van der Waals surface area contributed by atoms with Crippen LogP contribution in [-0.4, -0.2) is 33.6 Å². The lowest BCUT2D eigenvalue weighted by atomic mass is 9.99. The molecule has 0 aromatic heterocycles. The van der Waals surface area contributed by atoms with Gasteiger partial charge >= 0.3 is 7.25 Å². The van der Waals surface area contributed by atoms with E-state index in [-0.39, 0.29) is 0 Å². The van der Waals surface area contributed by atoms with Crippen molar-refractivity contribution in [2.75, 3.05) is 26.3 Å². The topological polar surface area (TPSA) is 37.5 Å². The number of quaternary nitrogens is 1. The normalized spacial score (nSPS) is 14.9. The second kappa shape index (κ2) is 9.37. The van der Waals surface area contributed by atoms with Crippen LogP contribution in [0.4, 0.5) is 17.3 Å². The van der Waals surface area contributed by atoms with Crippen LogP contribution in [0.5, 0.6) is 0 Å². The predicted octanol–water partition coefficient (Wildman–Crippen LogP) is 2.94. The fourth-order valence-corrected chi connectivity index (χ4v) is 2.76. The predicted molar refractivity (Wildman–Crippen MR) is 92.0 cm³/mol. The largest absolute Gasteiger partial charge is 0.673 e. The number of nitrogens with zero attached hydrogens (tertiary/aromatic N) is 1. The van der Waals surface area contributed by atoms with Crippen LogP contribution in [0.15, 0.2) is 48.5 Å². The van der Waals surface area contributed by atoms with Gasteiger partial charge < -0.3 is 26.9 Å². The third-order valence-electron chi connectivity index (χ3n) is 3.97. The Morgan fingerprint density at radius 2 is 1.54 bits per heavy atom. The Hall–Kier alpha value is -2.37. The molecule has 0 radical (unpaired) electrons. The van der Waals surface area contributed by atoms with Crippen LogP contribution >= 0.6 is 0 Å². The Balaban J connectivity index is 0.000000431. The fourth-order valence-electron chi connectivity index (χ4n) is 2.76. The molecule has 0 unspecified atom stereocenters. The number of hydrogen-bond acceptors (Lipinski definition) is 2. The molecule has 138 valence electrons. The summed E-state index contributed by atoms with van der Waals surface area (Å²) in [4.78, 5) is 1.58. The smallest absolute Gasteiger partial charge is 0.418 e. The van der Waals surface area contributed by atoms with Gasteiger partial charge in [-0.25, -0.2) is 0 Å². The molecule has 3 nitrogen and oxygen atoms in total. The molecule has 0 spiro atoms. The van der Waals surface area contributed by atoms with Crippen molar-refractivity contribution in [2.24, 2.45) is 0 Å². The van der Waals surface area contributed by atoms with E-state index in [1.807, 2.05) is 24.3 Å². The highest BCUT2D eigenvalue weighted by Gasteiger charge is 2.20. The summed E-state index contributed by atoms with van der Waals surface area (Å²) in [6.45, 7) is 4.94. The Labute approximate surface area is 149 Å². The maximum absolute atomic E-state index is 9.75. The highest BCUT2D eigenvalue weighted by atomic mass is 19.5. The summed E-state index contributed by atoms with van der Waals surface area (Å²) in [5, 5.41) is 9.19. The van der Waals surface area contributed by atoms with Crippen molar-refractivity contribution in [3.05, 3.63) is 59.7 Å². The highest BCUT2D eigenvalue weighted by Crippen LogP contribution is 2.23. The molecule has 1 aliphatic heterocycles. The molecule has 2 aromatic rings. The van der Waals surface area contributed by atoms with Crippen LogP contribution in [0.2, 0.25) is 0 Å². The molecule has 26 heavy (non-hydrogen) atoms. The van der Waals surface area contributed by atoms with Crippen molar-refractivity contribution in [3.8, 4) is 17.2 Å². The minimum atomic E-state index is -6.00. The number of nitriles is 1. The van der Waals surface area contributed by atoms with Crippen molar-refractivity contribution >= 4 is 7.25 Å². The minimum absolute atomic E-state index is 0.726. The first-order chi connectivity index (χ1) is 12.4. The minimum Gasteiger partial charge on any atom is -0.418 e. The van der Waals surface area contributed by atoms with Gasteiger partial charge in [-0.1, -0.05) is 42.5 Å². The van der Waals surface area contributed by atoms with Crippen molar-refractivity contribution in [3.63, 3.8) is 0 Å². The number of ether oxygens (including phenoxy) is 1. The number of nitrogens with one attached hydrogen (secondary N) is 1. The van der Waals surface area contributed by atoms with E-state index < -0.39 is 7.25 Å². The lowest BCUT2D eigenvalue weighted by Gasteiger charge is -2.23. The summed E-state index contributed by atoms with van der Waals surface area (Å²) in [5.74, 6) is 0. The standard InChI is InChI=1S/C18H18N2O.BF4/c19-13-17-3-1-2-4-18(17)16-7-5-15(6-8-16)14-20-9-11-21-12-10-20;2-1(3,4)5/h1-8H,9-12,14H2;/q;-1/p+1. The molecule has 0 atom stereocenters. The Morgan fingerprint density at radius 3 is 2.12 bits per heavy atom. The fraction of sp³-hybridized carbons (Fsp3) is 0.278. The zero-order chi connectivity index (χ0) is 19.0. The summed E-state index contributed by atoms with van der Waals surface area (Å²) < 4.78 is 44.4. The van der Waals surface area contributed by atoms with Crippen molar-refractivity contribution in [1.82, 2.24) is 0 Å². The second-order valence-corrected chi connectivity index (χ2v) is 5.89. The summed E-state index contributed by atoms with van der Waals surface area (Å²) in [7, 11) is -6.00. The van der Waals surface area contributed by atoms with Crippen LogP contribution in [0.25, 0.3) is 11.1 Å². The Kier molecular flexibility index (Phi) is 7.19. The summed E-state index contributed by atoms with van der Waals surface area (Å²) in [6.07, 6.45) is 0. The first-order valence-corrected chi connectivity index (χ1v) is 8.24. The average Bonchev–Trinajstić information content (AvgIpc) is 2.62. The van der Waals surface area contributed by atoms with Gasteiger partial charge in [-0.05, 0) is 17.2 Å². The van der Waals surface area contributed by atoms with Crippen molar-refractivity contribution in [2.45, 2.75) is 6.54 Å². The van der Waals surface area contributed by atoms with Gasteiger partial charge in [0.25, 0.3) is 0 Å². The van der Waals surface area contributed by atoms with Crippen molar-refractivity contribution < 1.29 is 26.9 Å². The molecule has 0 saturated carbocycles. The number of rotatable bonds is 3. The van der Waals surface area contributed by atoms with Gasteiger partial charge in [0.1, 0.15) is 19.6 Å². The maximum Gasteiger partial charge on any atom is 0.673 e. The molecule has 0 amide bonds. The van der Waals surface area contributed by atoms with Gasteiger partial charge in [0, 0.05) is 5.56 Å². The molecule has 1 N–H and O–H groups in total. The van der Waals surface area contributed by atoms with Crippen LogP contribution in [0, 0.1) is 11.3 Å². The molecular weight excluding hydrogens is 347 g/mol. The van der Waals surface area contributed by atoms with Crippen molar-refractivity contribution in [1.29, 1.82) is 5.26 Å². The third kappa shape index (κ3) is 6.86.